The highest BCUT2D eigenvalue weighted by atomic mass is 16.5. The van der Waals surface area contributed by atoms with Crippen LogP contribution in [0.25, 0.3) is 0 Å². The predicted octanol–water partition coefficient (Wildman–Crippen LogP) is 2.80. The molecular weight excluding hydrogens is 540 g/mol. The number of ether oxygens (including phenoxy) is 2. The SMILES string of the molecule is CC[C@H](C)[C@@H](C(=O)O[C@@H](CC(C)C)C(=O)N[C@@H](CC(C)C)C(=O)N[C@@H](C)/C=C/C(=O)N1C(=O)C=C(OC)[C@@H]1C)N(C)C. The molecule has 0 radical (unpaired) electrons. The van der Waals surface area contributed by atoms with Crippen LogP contribution in [-0.4, -0.2) is 90.9 Å². The molecule has 0 aliphatic carbocycles. The second-order valence-corrected chi connectivity index (χ2v) is 12.2. The van der Waals surface area contributed by atoms with Crippen LogP contribution in [-0.2, 0) is 33.4 Å². The molecule has 0 aromatic rings. The molecule has 0 aromatic heterocycles. The minimum absolute atomic E-state index is 0.0289. The summed E-state index contributed by atoms with van der Waals surface area (Å²) in [5.74, 6) is -1.86. The maximum atomic E-state index is 13.4. The van der Waals surface area contributed by atoms with Crippen molar-refractivity contribution in [3.05, 3.63) is 24.0 Å². The van der Waals surface area contributed by atoms with Crippen molar-refractivity contribution in [1.29, 1.82) is 0 Å². The van der Waals surface area contributed by atoms with Gasteiger partial charge in [-0.2, -0.15) is 0 Å². The lowest BCUT2D eigenvalue weighted by Gasteiger charge is -2.30. The predicted molar refractivity (Wildman–Crippen MR) is 161 cm³/mol. The standard InChI is InChI=1S/C31H52N4O7/c1-12-20(6)28(34(9)10)31(40)42-25(16-19(4)5)30(39)33-23(15-18(2)3)29(38)32-21(7)13-14-26(36)35-22(8)24(41-11)17-27(35)37/h13-14,17-23,25,28H,12,15-16H2,1-11H3,(H,32,38)(H,33,39)/b14-13+/t20-,21-,22-,23-,25-,28-/m0/s1. The highest BCUT2D eigenvalue weighted by molar-refractivity contribution is 6.07. The maximum Gasteiger partial charge on any atom is 0.324 e. The highest BCUT2D eigenvalue weighted by Crippen LogP contribution is 2.20. The Balaban J connectivity index is 2.99. The van der Waals surface area contributed by atoms with Crippen molar-refractivity contribution in [2.75, 3.05) is 21.2 Å². The quantitative estimate of drug-likeness (QED) is 0.206. The van der Waals surface area contributed by atoms with Gasteiger partial charge in [-0.25, -0.2) is 0 Å². The Hall–Kier alpha value is -3.21. The number of esters is 1. The highest BCUT2D eigenvalue weighted by Gasteiger charge is 2.35. The van der Waals surface area contributed by atoms with E-state index in [2.05, 4.69) is 10.6 Å². The summed E-state index contributed by atoms with van der Waals surface area (Å²) in [4.78, 5) is 67.5. The lowest BCUT2D eigenvalue weighted by atomic mass is 9.98. The Labute approximate surface area is 251 Å². The summed E-state index contributed by atoms with van der Waals surface area (Å²) >= 11 is 0. The van der Waals surface area contributed by atoms with Crippen LogP contribution >= 0.6 is 0 Å². The van der Waals surface area contributed by atoms with Crippen molar-refractivity contribution in [2.24, 2.45) is 17.8 Å². The summed E-state index contributed by atoms with van der Waals surface area (Å²) in [6.07, 6.45) is 4.38. The normalized spacial score (nSPS) is 19.0. The number of likely N-dealkylation sites (N-methyl/N-ethyl adjacent to an activating group) is 1. The smallest absolute Gasteiger partial charge is 0.324 e. The number of imide groups is 1. The van der Waals surface area contributed by atoms with Gasteiger partial charge in [0.2, 0.25) is 5.91 Å². The first kappa shape index (κ1) is 36.8. The van der Waals surface area contributed by atoms with E-state index in [9.17, 15) is 24.0 Å². The Kier molecular flexibility index (Phi) is 14.9. The molecule has 0 saturated heterocycles. The zero-order chi connectivity index (χ0) is 32.3. The van der Waals surface area contributed by atoms with Crippen molar-refractivity contribution >= 4 is 29.6 Å². The van der Waals surface area contributed by atoms with Gasteiger partial charge in [0.1, 0.15) is 17.8 Å². The van der Waals surface area contributed by atoms with Gasteiger partial charge in [0, 0.05) is 18.2 Å². The van der Waals surface area contributed by atoms with Gasteiger partial charge in [-0.05, 0) is 58.5 Å². The Morgan fingerprint density at radius 1 is 1.00 bits per heavy atom. The van der Waals surface area contributed by atoms with Gasteiger partial charge < -0.3 is 20.1 Å². The third-order valence-corrected chi connectivity index (χ3v) is 7.23. The van der Waals surface area contributed by atoms with Crippen molar-refractivity contribution in [3.8, 4) is 0 Å². The van der Waals surface area contributed by atoms with E-state index in [1.54, 1.807) is 32.8 Å². The molecule has 42 heavy (non-hydrogen) atoms. The number of rotatable bonds is 16. The molecule has 0 aromatic carbocycles. The number of nitrogens with one attached hydrogen (secondary N) is 2. The average Bonchev–Trinajstić information content (AvgIpc) is 3.18. The van der Waals surface area contributed by atoms with Crippen molar-refractivity contribution < 1.29 is 33.4 Å². The molecule has 11 nitrogen and oxygen atoms in total. The first-order valence-corrected chi connectivity index (χ1v) is 14.8. The lowest BCUT2D eigenvalue weighted by Crippen LogP contribution is -2.53. The molecule has 0 saturated carbocycles. The number of carbonyl (C=O) groups excluding carboxylic acids is 5. The fraction of sp³-hybridized carbons (Fsp3) is 0.710. The van der Waals surface area contributed by atoms with Crippen LogP contribution < -0.4 is 10.6 Å². The maximum absolute atomic E-state index is 13.4. The Morgan fingerprint density at radius 2 is 1.60 bits per heavy atom. The number of amides is 4. The summed E-state index contributed by atoms with van der Waals surface area (Å²) in [7, 11) is 5.05. The Morgan fingerprint density at radius 3 is 2.07 bits per heavy atom. The van der Waals surface area contributed by atoms with Crippen LogP contribution in [0.4, 0.5) is 0 Å². The molecule has 238 valence electrons. The zero-order valence-corrected chi connectivity index (χ0v) is 27.2. The van der Waals surface area contributed by atoms with E-state index >= 15 is 0 Å². The van der Waals surface area contributed by atoms with E-state index in [4.69, 9.17) is 9.47 Å². The summed E-state index contributed by atoms with van der Waals surface area (Å²) in [6.45, 7) is 15.1. The monoisotopic (exact) mass is 592 g/mol. The second kappa shape index (κ2) is 17.0. The van der Waals surface area contributed by atoms with Gasteiger partial charge in [0.15, 0.2) is 6.10 Å². The van der Waals surface area contributed by atoms with E-state index in [1.165, 1.54) is 25.3 Å². The molecule has 2 N–H and O–H groups in total. The molecule has 4 amide bonds. The first-order chi connectivity index (χ1) is 19.5. The number of hydrogen-bond donors (Lipinski definition) is 2. The van der Waals surface area contributed by atoms with Gasteiger partial charge in [-0.15, -0.1) is 0 Å². The molecule has 0 fully saturated rings. The molecule has 1 rings (SSSR count). The fourth-order valence-corrected chi connectivity index (χ4v) is 4.83. The van der Waals surface area contributed by atoms with Crippen molar-refractivity contribution in [1.82, 2.24) is 20.4 Å². The van der Waals surface area contributed by atoms with Gasteiger partial charge in [-0.3, -0.25) is 33.8 Å². The fourth-order valence-electron chi connectivity index (χ4n) is 4.83. The summed E-state index contributed by atoms with van der Waals surface area (Å²) in [5.41, 5.74) is 0. The van der Waals surface area contributed by atoms with Crippen LogP contribution in [0.5, 0.6) is 0 Å². The van der Waals surface area contributed by atoms with Crippen LogP contribution in [0.15, 0.2) is 24.0 Å². The van der Waals surface area contributed by atoms with Crippen molar-refractivity contribution in [3.63, 3.8) is 0 Å². The number of methoxy groups -OCH3 is 1. The lowest BCUT2D eigenvalue weighted by molar-refractivity contribution is -0.163. The Bertz CT molecular complexity index is 1020. The third kappa shape index (κ3) is 10.9. The van der Waals surface area contributed by atoms with E-state index in [1.807, 2.05) is 41.5 Å². The topological polar surface area (TPSA) is 134 Å². The van der Waals surface area contributed by atoms with Gasteiger partial charge in [-0.1, -0.05) is 54.0 Å². The molecule has 0 spiro atoms. The van der Waals surface area contributed by atoms with E-state index in [0.29, 0.717) is 18.6 Å². The number of nitrogens with zero attached hydrogens (tertiary/aromatic N) is 2. The first-order valence-electron chi connectivity index (χ1n) is 14.8. The van der Waals surface area contributed by atoms with Crippen LogP contribution in [0, 0.1) is 17.8 Å². The summed E-state index contributed by atoms with van der Waals surface area (Å²) in [6, 6.07) is -2.48. The second-order valence-electron chi connectivity index (χ2n) is 12.2. The number of carbonyl (C=O) groups is 5. The van der Waals surface area contributed by atoms with Crippen LogP contribution in [0.1, 0.15) is 74.7 Å². The molecule has 0 unspecified atom stereocenters. The van der Waals surface area contributed by atoms with Gasteiger partial charge in [0.25, 0.3) is 17.7 Å². The molecule has 6 atom stereocenters. The molecule has 1 aliphatic heterocycles. The average molecular weight is 593 g/mol. The van der Waals surface area contributed by atoms with Crippen LogP contribution in [0.2, 0.25) is 0 Å². The molecular formula is C31H52N4O7. The zero-order valence-electron chi connectivity index (χ0n) is 27.2. The van der Waals surface area contributed by atoms with Gasteiger partial charge >= 0.3 is 5.97 Å². The molecule has 11 heteroatoms. The number of hydrogen-bond acceptors (Lipinski definition) is 8. The van der Waals surface area contributed by atoms with E-state index in [-0.39, 0.29) is 17.8 Å². The summed E-state index contributed by atoms with van der Waals surface area (Å²) < 4.78 is 10.9. The minimum atomic E-state index is -1.05. The van der Waals surface area contributed by atoms with E-state index < -0.39 is 59.9 Å². The van der Waals surface area contributed by atoms with Crippen LogP contribution in [0.3, 0.4) is 0 Å². The molecule has 1 aliphatic rings. The summed E-state index contributed by atoms with van der Waals surface area (Å²) in [5, 5.41) is 5.61. The van der Waals surface area contributed by atoms with Crippen molar-refractivity contribution in [2.45, 2.75) is 105 Å². The minimum Gasteiger partial charge on any atom is -0.499 e. The van der Waals surface area contributed by atoms with Gasteiger partial charge in [0.05, 0.1) is 13.2 Å². The van der Waals surface area contributed by atoms with E-state index in [0.717, 1.165) is 11.3 Å². The molecule has 1 heterocycles. The molecule has 0 bridgehead atoms. The largest absolute Gasteiger partial charge is 0.499 e. The third-order valence-electron chi connectivity index (χ3n) is 7.23.